The number of rotatable bonds is 7. The standard InChI is InChI=1S/C23H24N2O4S/c26-20(24-15-23(11-6-12-23)16-7-2-1-3-8-16)14-29-21(27)13-19-22(28)25-17-9-4-5-10-18(17)30-19/h1-5,7-10,19H,6,11-15H2,(H,24,26)(H,25,28). The molecular weight excluding hydrogens is 400 g/mol. The van der Waals surface area contributed by atoms with Gasteiger partial charge in [0.2, 0.25) is 5.91 Å². The average Bonchev–Trinajstić information content (AvgIpc) is 2.73. The van der Waals surface area contributed by atoms with Gasteiger partial charge in [-0.05, 0) is 30.5 Å². The maximum Gasteiger partial charge on any atom is 0.307 e. The number of para-hydroxylation sites is 1. The summed E-state index contributed by atoms with van der Waals surface area (Å²) in [6, 6.07) is 17.6. The molecule has 7 heteroatoms. The zero-order chi connectivity index (χ0) is 21.0. The molecule has 4 rings (SSSR count). The highest BCUT2D eigenvalue weighted by Crippen LogP contribution is 2.43. The van der Waals surface area contributed by atoms with E-state index in [-0.39, 0.29) is 30.3 Å². The minimum atomic E-state index is -0.563. The van der Waals surface area contributed by atoms with Gasteiger partial charge in [0, 0.05) is 16.9 Å². The SMILES string of the molecule is O=C(COC(=O)CC1Sc2ccccc2NC1=O)NCC1(c2ccccc2)CCC1. The van der Waals surface area contributed by atoms with E-state index >= 15 is 0 Å². The fraction of sp³-hybridized carbons (Fsp3) is 0.348. The Labute approximate surface area is 179 Å². The van der Waals surface area contributed by atoms with Crippen LogP contribution in [0.4, 0.5) is 5.69 Å². The van der Waals surface area contributed by atoms with Crippen LogP contribution in [-0.2, 0) is 24.5 Å². The molecule has 1 heterocycles. The Morgan fingerprint density at radius 1 is 1.10 bits per heavy atom. The van der Waals surface area contributed by atoms with Crippen molar-refractivity contribution < 1.29 is 19.1 Å². The number of amides is 2. The van der Waals surface area contributed by atoms with Crippen LogP contribution in [0.3, 0.4) is 0 Å². The summed E-state index contributed by atoms with van der Waals surface area (Å²) < 4.78 is 5.12. The fourth-order valence-corrected chi connectivity index (χ4v) is 4.96. The normalized spacial score (nSPS) is 19.1. The summed E-state index contributed by atoms with van der Waals surface area (Å²) >= 11 is 1.34. The smallest absolute Gasteiger partial charge is 0.307 e. The van der Waals surface area contributed by atoms with Gasteiger partial charge < -0.3 is 15.4 Å². The second kappa shape index (κ2) is 8.92. The molecule has 0 saturated heterocycles. The van der Waals surface area contributed by atoms with Crippen LogP contribution in [0.15, 0.2) is 59.5 Å². The van der Waals surface area contributed by atoms with Crippen LogP contribution in [0.25, 0.3) is 0 Å². The summed E-state index contributed by atoms with van der Waals surface area (Å²) in [5, 5.41) is 5.14. The van der Waals surface area contributed by atoms with Crippen molar-refractivity contribution in [1.82, 2.24) is 5.32 Å². The van der Waals surface area contributed by atoms with Crippen LogP contribution in [-0.4, -0.2) is 36.2 Å². The van der Waals surface area contributed by atoms with Gasteiger partial charge in [-0.15, -0.1) is 11.8 Å². The number of carbonyl (C=O) groups excluding carboxylic acids is 3. The monoisotopic (exact) mass is 424 g/mol. The molecule has 1 unspecified atom stereocenters. The van der Waals surface area contributed by atoms with E-state index in [2.05, 4.69) is 22.8 Å². The molecule has 0 spiro atoms. The van der Waals surface area contributed by atoms with Crippen molar-refractivity contribution in [2.45, 2.75) is 41.2 Å². The predicted octanol–water partition coefficient (Wildman–Crippen LogP) is 3.27. The van der Waals surface area contributed by atoms with E-state index in [0.29, 0.717) is 6.54 Å². The highest BCUT2D eigenvalue weighted by molar-refractivity contribution is 8.01. The number of fused-ring (bicyclic) bond motifs is 1. The van der Waals surface area contributed by atoms with Crippen molar-refractivity contribution in [2.24, 2.45) is 0 Å². The first kappa shape index (κ1) is 20.5. The Morgan fingerprint density at radius 3 is 2.57 bits per heavy atom. The number of hydrogen-bond acceptors (Lipinski definition) is 5. The molecule has 1 atom stereocenters. The number of anilines is 1. The number of benzene rings is 2. The van der Waals surface area contributed by atoms with E-state index in [0.717, 1.165) is 29.8 Å². The number of esters is 1. The molecule has 0 aromatic heterocycles. The molecule has 6 nitrogen and oxygen atoms in total. The second-order valence-electron chi connectivity index (χ2n) is 7.73. The molecule has 2 aliphatic rings. The molecule has 2 N–H and O–H groups in total. The first-order chi connectivity index (χ1) is 14.6. The lowest BCUT2D eigenvalue weighted by atomic mass is 9.64. The molecule has 0 radical (unpaired) electrons. The molecule has 1 saturated carbocycles. The molecule has 0 bridgehead atoms. The molecule has 30 heavy (non-hydrogen) atoms. The molecule has 1 aliphatic heterocycles. The number of ether oxygens (including phenoxy) is 1. The summed E-state index contributed by atoms with van der Waals surface area (Å²) in [7, 11) is 0. The largest absolute Gasteiger partial charge is 0.456 e. The van der Waals surface area contributed by atoms with Gasteiger partial charge >= 0.3 is 5.97 Å². The van der Waals surface area contributed by atoms with Crippen molar-refractivity contribution in [1.29, 1.82) is 0 Å². The summed E-state index contributed by atoms with van der Waals surface area (Å²) in [5.41, 5.74) is 1.96. The lowest BCUT2D eigenvalue weighted by Crippen LogP contribution is -2.46. The fourth-order valence-electron chi connectivity index (χ4n) is 3.86. The summed E-state index contributed by atoms with van der Waals surface area (Å²) in [4.78, 5) is 37.5. The second-order valence-corrected chi connectivity index (χ2v) is 8.98. The van der Waals surface area contributed by atoms with Crippen LogP contribution in [0.1, 0.15) is 31.2 Å². The maximum absolute atomic E-state index is 12.2. The lowest BCUT2D eigenvalue weighted by molar-refractivity contribution is -0.149. The summed E-state index contributed by atoms with van der Waals surface area (Å²) in [6.45, 7) is 0.199. The number of nitrogens with one attached hydrogen (secondary N) is 2. The van der Waals surface area contributed by atoms with Gasteiger partial charge in [-0.3, -0.25) is 14.4 Å². The van der Waals surface area contributed by atoms with Crippen molar-refractivity contribution in [2.75, 3.05) is 18.5 Å². The highest BCUT2D eigenvalue weighted by atomic mass is 32.2. The van der Waals surface area contributed by atoms with Crippen molar-refractivity contribution in [3.63, 3.8) is 0 Å². The predicted molar refractivity (Wildman–Crippen MR) is 115 cm³/mol. The average molecular weight is 425 g/mol. The van der Waals surface area contributed by atoms with Crippen LogP contribution < -0.4 is 10.6 Å². The maximum atomic E-state index is 12.2. The topological polar surface area (TPSA) is 84.5 Å². The third-order valence-electron chi connectivity index (χ3n) is 5.74. The van der Waals surface area contributed by atoms with E-state index in [4.69, 9.17) is 4.74 Å². The molecular formula is C23H24N2O4S. The van der Waals surface area contributed by atoms with Crippen molar-refractivity contribution in [3.05, 3.63) is 60.2 Å². The quantitative estimate of drug-likeness (QED) is 0.667. The van der Waals surface area contributed by atoms with Crippen molar-refractivity contribution >= 4 is 35.2 Å². The van der Waals surface area contributed by atoms with E-state index in [9.17, 15) is 14.4 Å². The molecule has 2 aromatic carbocycles. The lowest BCUT2D eigenvalue weighted by Gasteiger charge is -2.42. The van der Waals surface area contributed by atoms with E-state index in [1.165, 1.54) is 17.3 Å². The van der Waals surface area contributed by atoms with E-state index in [1.807, 2.05) is 42.5 Å². The number of carbonyl (C=O) groups is 3. The van der Waals surface area contributed by atoms with Crippen LogP contribution in [0.2, 0.25) is 0 Å². The van der Waals surface area contributed by atoms with Gasteiger partial charge in [0.1, 0.15) is 0 Å². The molecule has 1 aliphatic carbocycles. The third-order valence-corrected chi connectivity index (χ3v) is 7.02. The summed E-state index contributed by atoms with van der Waals surface area (Å²) in [5.74, 6) is -1.11. The van der Waals surface area contributed by atoms with Gasteiger partial charge in [0.25, 0.3) is 5.91 Å². The first-order valence-electron chi connectivity index (χ1n) is 10.1. The van der Waals surface area contributed by atoms with Gasteiger partial charge in [0.05, 0.1) is 17.4 Å². The Kier molecular flexibility index (Phi) is 6.08. The van der Waals surface area contributed by atoms with Gasteiger partial charge in [-0.25, -0.2) is 0 Å². The highest BCUT2D eigenvalue weighted by Gasteiger charge is 2.38. The zero-order valence-electron chi connectivity index (χ0n) is 16.6. The Bertz CT molecular complexity index is 943. The van der Waals surface area contributed by atoms with Gasteiger partial charge in [-0.1, -0.05) is 48.9 Å². The zero-order valence-corrected chi connectivity index (χ0v) is 17.4. The van der Waals surface area contributed by atoms with Gasteiger partial charge in [-0.2, -0.15) is 0 Å². The number of thioether (sulfide) groups is 1. The Morgan fingerprint density at radius 2 is 1.83 bits per heavy atom. The van der Waals surface area contributed by atoms with Gasteiger partial charge in [0.15, 0.2) is 6.61 Å². The minimum absolute atomic E-state index is 0.0227. The Hall–Kier alpha value is -2.80. The van der Waals surface area contributed by atoms with Crippen molar-refractivity contribution in [3.8, 4) is 0 Å². The molecule has 1 fully saturated rings. The van der Waals surface area contributed by atoms with Crippen LogP contribution >= 0.6 is 11.8 Å². The molecule has 2 amide bonds. The molecule has 2 aromatic rings. The first-order valence-corrected chi connectivity index (χ1v) is 11.0. The number of hydrogen-bond donors (Lipinski definition) is 2. The minimum Gasteiger partial charge on any atom is -0.456 e. The van der Waals surface area contributed by atoms with E-state index in [1.54, 1.807) is 0 Å². The third kappa shape index (κ3) is 4.51. The Balaban J connectivity index is 1.23. The van der Waals surface area contributed by atoms with Crippen LogP contribution in [0, 0.1) is 0 Å². The van der Waals surface area contributed by atoms with E-state index < -0.39 is 11.2 Å². The molecule has 156 valence electrons. The summed E-state index contributed by atoms with van der Waals surface area (Å²) in [6.07, 6.45) is 3.13. The van der Waals surface area contributed by atoms with Crippen LogP contribution in [0.5, 0.6) is 0 Å².